The largest absolute Gasteiger partial charge is 0.370 e. The van der Waals surface area contributed by atoms with E-state index < -0.39 is 0 Å². The van der Waals surface area contributed by atoms with Gasteiger partial charge in [-0.1, -0.05) is 19.8 Å². The zero-order chi connectivity index (χ0) is 10.3. The van der Waals surface area contributed by atoms with Crippen molar-refractivity contribution in [1.82, 2.24) is 9.78 Å². The summed E-state index contributed by atoms with van der Waals surface area (Å²) in [5, 5.41) is 8.13. The third-order valence-electron chi connectivity index (χ3n) is 3.97. The van der Waals surface area contributed by atoms with Crippen LogP contribution in [-0.4, -0.2) is 16.3 Å². The number of aromatic nitrogens is 2. The van der Waals surface area contributed by atoms with Crippen LogP contribution in [0, 0.1) is 5.92 Å². The number of aryl methyl sites for hydroxylation is 1. The lowest BCUT2D eigenvalue weighted by Gasteiger charge is -2.37. The molecule has 1 fully saturated rings. The SMILES string of the molecule is CCc1cnn2c1NCC1CCCCC12. The van der Waals surface area contributed by atoms with Crippen molar-refractivity contribution in [3.8, 4) is 0 Å². The highest BCUT2D eigenvalue weighted by molar-refractivity contribution is 5.46. The first-order valence-electron chi connectivity index (χ1n) is 6.20. The van der Waals surface area contributed by atoms with Gasteiger partial charge in [0.25, 0.3) is 0 Å². The maximum Gasteiger partial charge on any atom is 0.127 e. The van der Waals surface area contributed by atoms with Crippen LogP contribution in [0.2, 0.25) is 0 Å². The molecule has 82 valence electrons. The number of nitrogens with one attached hydrogen (secondary N) is 1. The Kier molecular flexibility index (Phi) is 2.19. The van der Waals surface area contributed by atoms with Crippen LogP contribution >= 0.6 is 0 Å². The molecule has 0 bridgehead atoms. The lowest BCUT2D eigenvalue weighted by Crippen LogP contribution is -2.35. The molecule has 3 nitrogen and oxygen atoms in total. The number of rotatable bonds is 1. The molecule has 0 amide bonds. The smallest absolute Gasteiger partial charge is 0.127 e. The molecule has 3 rings (SSSR count). The molecule has 1 aliphatic carbocycles. The average molecular weight is 205 g/mol. The Morgan fingerprint density at radius 3 is 3.20 bits per heavy atom. The van der Waals surface area contributed by atoms with Crippen molar-refractivity contribution in [1.29, 1.82) is 0 Å². The summed E-state index contributed by atoms with van der Waals surface area (Å²) >= 11 is 0. The van der Waals surface area contributed by atoms with Crippen molar-refractivity contribution in [2.75, 3.05) is 11.9 Å². The Balaban J connectivity index is 1.97. The number of fused-ring (bicyclic) bond motifs is 3. The molecule has 1 N–H and O–H groups in total. The zero-order valence-corrected chi connectivity index (χ0v) is 9.37. The molecule has 3 heteroatoms. The van der Waals surface area contributed by atoms with Gasteiger partial charge in [-0.3, -0.25) is 0 Å². The van der Waals surface area contributed by atoms with Crippen LogP contribution in [-0.2, 0) is 6.42 Å². The Morgan fingerprint density at radius 2 is 2.33 bits per heavy atom. The molecule has 15 heavy (non-hydrogen) atoms. The summed E-state index contributed by atoms with van der Waals surface area (Å²) in [7, 11) is 0. The van der Waals surface area contributed by atoms with E-state index in [9.17, 15) is 0 Å². The molecule has 1 saturated carbocycles. The average Bonchev–Trinajstić information content (AvgIpc) is 2.72. The second-order valence-electron chi connectivity index (χ2n) is 4.81. The lowest BCUT2D eigenvalue weighted by atomic mass is 9.83. The van der Waals surface area contributed by atoms with Crippen LogP contribution in [0.4, 0.5) is 5.82 Å². The van der Waals surface area contributed by atoms with Crippen LogP contribution < -0.4 is 5.32 Å². The monoisotopic (exact) mass is 205 g/mol. The third-order valence-corrected chi connectivity index (χ3v) is 3.97. The second-order valence-corrected chi connectivity index (χ2v) is 4.81. The highest BCUT2D eigenvalue weighted by Crippen LogP contribution is 2.39. The summed E-state index contributed by atoms with van der Waals surface area (Å²) in [5.74, 6) is 2.11. The van der Waals surface area contributed by atoms with Crippen LogP contribution in [0.5, 0.6) is 0 Å². The quantitative estimate of drug-likeness (QED) is 0.763. The van der Waals surface area contributed by atoms with Crippen molar-refractivity contribution in [3.05, 3.63) is 11.8 Å². The molecule has 1 aromatic rings. The Hall–Kier alpha value is -0.990. The fourth-order valence-electron chi connectivity index (χ4n) is 3.08. The molecule has 0 aromatic carbocycles. The molecule has 1 aromatic heterocycles. The van der Waals surface area contributed by atoms with Gasteiger partial charge in [0.05, 0.1) is 12.2 Å². The van der Waals surface area contributed by atoms with Gasteiger partial charge in [0, 0.05) is 12.1 Å². The van der Waals surface area contributed by atoms with Crippen molar-refractivity contribution in [2.24, 2.45) is 5.92 Å². The molecular weight excluding hydrogens is 186 g/mol. The summed E-state index contributed by atoms with van der Waals surface area (Å²) in [6, 6.07) is 0.676. The molecule has 1 aliphatic heterocycles. The van der Waals surface area contributed by atoms with Gasteiger partial charge in [-0.05, 0) is 25.2 Å². The molecule has 2 atom stereocenters. The van der Waals surface area contributed by atoms with Crippen LogP contribution in [0.1, 0.15) is 44.2 Å². The number of hydrogen-bond acceptors (Lipinski definition) is 2. The fraction of sp³-hybridized carbons (Fsp3) is 0.750. The van der Waals surface area contributed by atoms with E-state index in [1.165, 1.54) is 37.1 Å². The summed E-state index contributed by atoms with van der Waals surface area (Å²) in [4.78, 5) is 0. The van der Waals surface area contributed by atoms with E-state index in [4.69, 9.17) is 0 Å². The molecule has 2 unspecified atom stereocenters. The first-order valence-corrected chi connectivity index (χ1v) is 6.20. The normalized spacial score (nSPS) is 29.1. The zero-order valence-electron chi connectivity index (χ0n) is 9.37. The van der Waals surface area contributed by atoms with E-state index >= 15 is 0 Å². The van der Waals surface area contributed by atoms with E-state index in [1.807, 2.05) is 6.20 Å². The molecule has 2 heterocycles. The molecule has 0 radical (unpaired) electrons. The van der Waals surface area contributed by atoms with Gasteiger partial charge in [-0.2, -0.15) is 5.10 Å². The number of hydrogen-bond donors (Lipinski definition) is 1. The van der Waals surface area contributed by atoms with Crippen LogP contribution in [0.25, 0.3) is 0 Å². The molecular formula is C12H19N3. The molecule has 0 saturated heterocycles. The second kappa shape index (κ2) is 3.54. The first kappa shape index (κ1) is 9.25. The van der Waals surface area contributed by atoms with E-state index in [-0.39, 0.29) is 0 Å². The Morgan fingerprint density at radius 1 is 1.47 bits per heavy atom. The first-order chi connectivity index (χ1) is 7.40. The van der Waals surface area contributed by atoms with E-state index in [1.54, 1.807) is 0 Å². The van der Waals surface area contributed by atoms with Crippen molar-refractivity contribution in [3.63, 3.8) is 0 Å². The van der Waals surface area contributed by atoms with Crippen molar-refractivity contribution >= 4 is 5.82 Å². The topological polar surface area (TPSA) is 29.9 Å². The van der Waals surface area contributed by atoms with Gasteiger partial charge in [0.15, 0.2) is 0 Å². The van der Waals surface area contributed by atoms with Gasteiger partial charge < -0.3 is 5.32 Å². The Bertz CT molecular complexity index is 356. The summed E-state index contributed by atoms with van der Waals surface area (Å²) in [6.07, 6.45) is 8.60. The predicted molar refractivity (Wildman–Crippen MR) is 61.1 cm³/mol. The minimum atomic E-state index is 0.676. The fourth-order valence-corrected chi connectivity index (χ4v) is 3.08. The minimum absolute atomic E-state index is 0.676. The highest BCUT2D eigenvalue weighted by atomic mass is 15.4. The Labute approximate surface area is 90.9 Å². The molecule has 0 spiro atoms. The number of anilines is 1. The summed E-state index contributed by atoms with van der Waals surface area (Å²) in [5.41, 5.74) is 1.37. The predicted octanol–water partition coefficient (Wildman–Crippen LogP) is 2.60. The summed E-state index contributed by atoms with van der Waals surface area (Å²) in [6.45, 7) is 3.36. The standard InChI is InChI=1S/C12H19N3/c1-2-9-8-14-15-11-6-4-3-5-10(11)7-13-12(9)15/h8,10-11,13H,2-7H2,1H3. The van der Waals surface area contributed by atoms with Gasteiger partial charge >= 0.3 is 0 Å². The van der Waals surface area contributed by atoms with Gasteiger partial charge in [0.1, 0.15) is 5.82 Å². The van der Waals surface area contributed by atoms with E-state index in [2.05, 4.69) is 22.0 Å². The van der Waals surface area contributed by atoms with E-state index in [0.29, 0.717) is 6.04 Å². The molecule has 2 aliphatic rings. The lowest BCUT2D eigenvalue weighted by molar-refractivity contribution is 0.222. The van der Waals surface area contributed by atoms with Gasteiger partial charge in [-0.25, -0.2) is 4.68 Å². The summed E-state index contributed by atoms with van der Waals surface area (Å²) < 4.78 is 2.26. The van der Waals surface area contributed by atoms with Gasteiger partial charge in [-0.15, -0.1) is 0 Å². The maximum atomic E-state index is 4.57. The minimum Gasteiger partial charge on any atom is -0.370 e. The highest BCUT2D eigenvalue weighted by Gasteiger charge is 2.32. The van der Waals surface area contributed by atoms with Gasteiger partial charge in [0.2, 0.25) is 0 Å². The van der Waals surface area contributed by atoms with Crippen LogP contribution in [0.3, 0.4) is 0 Å². The van der Waals surface area contributed by atoms with Crippen molar-refractivity contribution in [2.45, 2.75) is 45.1 Å². The van der Waals surface area contributed by atoms with Crippen molar-refractivity contribution < 1.29 is 0 Å². The van der Waals surface area contributed by atoms with E-state index in [0.717, 1.165) is 18.9 Å². The number of nitrogens with zero attached hydrogens (tertiary/aromatic N) is 2. The van der Waals surface area contributed by atoms with Crippen LogP contribution in [0.15, 0.2) is 6.20 Å². The third kappa shape index (κ3) is 1.36. The maximum absolute atomic E-state index is 4.57.